The second kappa shape index (κ2) is 3.60. The highest BCUT2D eigenvalue weighted by atomic mass is 32.2. The molecule has 14 heavy (non-hydrogen) atoms. The summed E-state index contributed by atoms with van der Waals surface area (Å²) in [6.07, 6.45) is 1.94. The summed E-state index contributed by atoms with van der Waals surface area (Å²) < 4.78 is 14.2. The van der Waals surface area contributed by atoms with E-state index >= 15 is 0 Å². The Balaban J connectivity index is 2.83. The molecule has 0 aliphatic rings. The summed E-state index contributed by atoms with van der Waals surface area (Å²) in [6.45, 7) is 0. The van der Waals surface area contributed by atoms with Gasteiger partial charge in [-0.1, -0.05) is 0 Å². The summed E-state index contributed by atoms with van der Waals surface area (Å²) >= 11 is 2.91. The van der Waals surface area contributed by atoms with Gasteiger partial charge in [0.15, 0.2) is 0 Å². The molecule has 0 spiro atoms. The first-order chi connectivity index (χ1) is 6.76. The molecular formula is C10H6FNS2. The van der Waals surface area contributed by atoms with Crippen molar-refractivity contribution in [2.75, 3.05) is 6.26 Å². The van der Waals surface area contributed by atoms with Crippen LogP contribution in [-0.2, 0) is 0 Å². The quantitative estimate of drug-likeness (QED) is 0.689. The number of thioether (sulfide) groups is 1. The van der Waals surface area contributed by atoms with Gasteiger partial charge in [0.2, 0.25) is 0 Å². The van der Waals surface area contributed by atoms with Crippen LogP contribution in [0.25, 0.3) is 10.1 Å². The fourth-order valence-electron chi connectivity index (χ4n) is 1.28. The molecule has 0 aliphatic heterocycles. The molecule has 70 valence electrons. The predicted octanol–water partition coefficient (Wildman–Crippen LogP) is 3.63. The molecule has 0 fully saturated rings. The Hall–Kier alpha value is -1.05. The summed E-state index contributed by atoms with van der Waals surface area (Å²) in [7, 11) is 0. The van der Waals surface area contributed by atoms with Gasteiger partial charge < -0.3 is 0 Å². The second-order valence-corrected chi connectivity index (χ2v) is 4.62. The number of halogens is 1. The maximum absolute atomic E-state index is 13.3. The van der Waals surface area contributed by atoms with Gasteiger partial charge in [-0.2, -0.15) is 5.26 Å². The minimum atomic E-state index is -0.254. The van der Waals surface area contributed by atoms with Crippen molar-refractivity contribution in [1.29, 1.82) is 5.26 Å². The zero-order valence-electron chi connectivity index (χ0n) is 7.37. The molecule has 1 aromatic heterocycles. The molecule has 0 radical (unpaired) electrons. The number of nitriles is 1. The van der Waals surface area contributed by atoms with E-state index in [4.69, 9.17) is 5.26 Å². The van der Waals surface area contributed by atoms with Crippen molar-refractivity contribution in [3.8, 4) is 6.07 Å². The Morgan fingerprint density at radius 2 is 2.29 bits per heavy atom. The minimum Gasteiger partial charge on any atom is -0.206 e. The van der Waals surface area contributed by atoms with Crippen molar-refractivity contribution < 1.29 is 4.39 Å². The summed E-state index contributed by atoms with van der Waals surface area (Å²) in [4.78, 5) is 1.58. The number of rotatable bonds is 1. The minimum absolute atomic E-state index is 0.254. The summed E-state index contributed by atoms with van der Waals surface area (Å²) in [5, 5.41) is 9.28. The van der Waals surface area contributed by atoms with Gasteiger partial charge in [0.1, 0.15) is 16.8 Å². The summed E-state index contributed by atoms with van der Waals surface area (Å²) in [6, 6.07) is 6.84. The van der Waals surface area contributed by atoms with Crippen molar-refractivity contribution in [2.24, 2.45) is 0 Å². The van der Waals surface area contributed by atoms with Crippen LogP contribution in [-0.4, -0.2) is 6.26 Å². The van der Waals surface area contributed by atoms with E-state index in [1.54, 1.807) is 23.9 Å². The maximum atomic E-state index is 13.3. The lowest BCUT2D eigenvalue weighted by molar-refractivity contribution is 0.639. The lowest BCUT2D eigenvalue weighted by Crippen LogP contribution is -1.76. The van der Waals surface area contributed by atoms with Crippen LogP contribution in [0.15, 0.2) is 23.1 Å². The van der Waals surface area contributed by atoms with Gasteiger partial charge in [-0.15, -0.1) is 23.1 Å². The van der Waals surface area contributed by atoms with E-state index in [1.165, 1.54) is 17.4 Å². The summed E-state index contributed by atoms with van der Waals surface area (Å²) in [5.74, 6) is -0.254. The molecule has 1 heterocycles. The molecule has 0 saturated heterocycles. The molecule has 0 saturated carbocycles. The van der Waals surface area contributed by atoms with Crippen LogP contribution in [0.2, 0.25) is 0 Å². The Morgan fingerprint density at radius 3 is 2.93 bits per heavy atom. The third kappa shape index (κ3) is 1.39. The van der Waals surface area contributed by atoms with Crippen molar-refractivity contribution >= 4 is 33.2 Å². The van der Waals surface area contributed by atoms with Crippen LogP contribution >= 0.6 is 23.1 Å². The molecule has 0 bridgehead atoms. The van der Waals surface area contributed by atoms with Crippen LogP contribution in [0.4, 0.5) is 4.39 Å². The first-order valence-electron chi connectivity index (χ1n) is 3.92. The summed E-state index contributed by atoms with van der Waals surface area (Å²) in [5.41, 5.74) is 0. The number of thiophene rings is 1. The number of hydrogen-bond acceptors (Lipinski definition) is 3. The average molecular weight is 223 g/mol. The Morgan fingerprint density at radius 1 is 1.50 bits per heavy atom. The zero-order chi connectivity index (χ0) is 10.1. The molecule has 0 N–H and O–H groups in total. The normalized spacial score (nSPS) is 10.4. The highest BCUT2D eigenvalue weighted by molar-refractivity contribution is 7.99. The monoisotopic (exact) mass is 223 g/mol. The highest BCUT2D eigenvalue weighted by Gasteiger charge is 2.09. The van der Waals surface area contributed by atoms with Crippen molar-refractivity contribution in [3.05, 3.63) is 28.9 Å². The Labute approximate surface area is 89.2 Å². The number of fused-ring (bicyclic) bond motifs is 1. The SMILES string of the molecule is CSc1ccc(F)c2cc(C#N)sc12. The van der Waals surface area contributed by atoms with Gasteiger partial charge >= 0.3 is 0 Å². The average Bonchev–Trinajstić information content (AvgIpc) is 2.63. The smallest absolute Gasteiger partial charge is 0.132 e. The molecular weight excluding hydrogens is 217 g/mol. The molecule has 0 aliphatic carbocycles. The van der Waals surface area contributed by atoms with E-state index in [0.29, 0.717) is 10.3 Å². The number of benzene rings is 1. The van der Waals surface area contributed by atoms with Gasteiger partial charge in [-0.05, 0) is 24.5 Å². The lowest BCUT2D eigenvalue weighted by Gasteiger charge is -1.98. The predicted molar refractivity (Wildman–Crippen MR) is 58.3 cm³/mol. The largest absolute Gasteiger partial charge is 0.206 e. The first-order valence-corrected chi connectivity index (χ1v) is 5.96. The van der Waals surface area contributed by atoms with Crippen LogP contribution < -0.4 is 0 Å². The molecule has 4 heteroatoms. The fraction of sp³-hybridized carbons (Fsp3) is 0.100. The van der Waals surface area contributed by atoms with Crippen LogP contribution in [0.3, 0.4) is 0 Å². The molecule has 0 unspecified atom stereocenters. The zero-order valence-corrected chi connectivity index (χ0v) is 9.01. The van der Waals surface area contributed by atoms with Gasteiger partial charge in [-0.3, -0.25) is 0 Å². The van der Waals surface area contributed by atoms with Crippen molar-refractivity contribution in [2.45, 2.75) is 4.90 Å². The van der Waals surface area contributed by atoms with E-state index in [9.17, 15) is 4.39 Å². The molecule has 0 atom stereocenters. The van der Waals surface area contributed by atoms with Crippen molar-refractivity contribution in [1.82, 2.24) is 0 Å². The van der Waals surface area contributed by atoms with Crippen molar-refractivity contribution in [3.63, 3.8) is 0 Å². The van der Waals surface area contributed by atoms with E-state index in [0.717, 1.165) is 9.60 Å². The van der Waals surface area contributed by atoms with Crippen LogP contribution in [0.5, 0.6) is 0 Å². The second-order valence-electron chi connectivity index (χ2n) is 2.71. The molecule has 0 amide bonds. The first kappa shape index (κ1) is 9.50. The van der Waals surface area contributed by atoms with Gasteiger partial charge in [0.25, 0.3) is 0 Å². The topological polar surface area (TPSA) is 23.8 Å². The lowest BCUT2D eigenvalue weighted by atomic mass is 10.2. The molecule has 1 nitrogen and oxygen atoms in total. The Kier molecular flexibility index (Phi) is 2.44. The van der Waals surface area contributed by atoms with Crippen LogP contribution in [0, 0.1) is 17.1 Å². The fourth-order valence-corrected chi connectivity index (χ4v) is 3.03. The van der Waals surface area contributed by atoms with Gasteiger partial charge in [0.05, 0.1) is 4.70 Å². The third-order valence-corrected chi connectivity index (χ3v) is 3.91. The molecule has 2 rings (SSSR count). The van der Waals surface area contributed by atoms with Gasteiger partial charge in [-0.25, -0.2) is 4.39 Å². The van der Waals surface area contributed by atoms with E-state index in [2.05, 4.69) is 0 Å². The number of nitrogens with zero attached hydrogens (tertiary/aromatic N) is 1. The van der Waals surface area contributed by atoms with E-state index in [1.807, 2.05) is 12.3 Å². The highest BCUT2D eigenvalue weighted by Crippen LogP contribution is 2.34. The standard InChI is InChI=1S/C10H6FNS2/c1-13-9-3-2-8(11)7-4-6(5-12)14-10(7)9/h2-4H,1H3. The van der Waals surface area contributed by atoms with E-state index < -0.39 is 0 Å². The number of hydrogen-bond donors (Lipinski definition) is 0. The molecule has 1 aromatic carbocycles. The van der Waals surface area contributed by atoms with Crippen LogP contribution in [0.1, 0.15) is 4.88 Å². The van der Waals surface area contributed by atoms with Gasteiger partial charge in [0, 0.05) is 10.3 Å². The maximum Gasteiger partial charge on any atom is 0.132 e. The molecule has 2 aromatic rings. The van der Waals surface area contributed by atoms with E-state index in [-0.39, 0.29) is 5.82 Å². The third-order valence-electron chi connectivity index (χ3n) is 1.92. The Bertz CT molecular complexity index is 525.